The number of benzene rings is 1. The van der Waals surface area contributed by atoms with Crippen LogP contribution >= 0.6 is 22.9 Å². The number of carbonyl (C=O) groups is 2. The van der Waals surface area contributed by atoms with Gasteiger partial charge in [-0.3, -0.25) is 25.1 Å². The van der Waals surface area contributed by atoms with Crippen molar-refractivity contribution in [3.63, 3.8) is 0 Å². The van der Waals surface area contributed by atoms with Crippen molar-refractivity contribution in [2.45, 2.75) is 6.92 Å². The van der Waals surface area contributed by atoms with Crippen molar-refractivity contribution in [1.82, 2.24) is 20.6 Å². The number of hydrogen-bond donors (Lipinski definition) is 2. The summed E-state index contributed by atoms with van der Waals surface area (Å²) in [6.07, 6.45) is 0. The summed E-state index contributed by atoms with van der Waals surface area (Å²) in [7, 11) is 1.83. The highest BCUT2D eigenvalue weighted by Gasteiger charge is 2.16. The van der Waals surface area contributed by atoms with Crippen LogP contribution in [0.15, 0.2) is 30.3 Å². The average Bonchev–Trinajstić information content (AvgIpc) is 3.07. The number of carbonyl (C=O) groups excluding carboxylic acids is 2. The number of halogens is 1. The number of amides is 2. The molecule has 0 aliphatic heterocycles. The third-order valence-electron chi connectivity index (χ3n) is 3.33. The van der Waals surface area contributed by atoms with Crippen molar-refractivity contribution in [3.05, 3.63) is 51.5 Å². The summed E-state index contributed by atoms with van der Waals surface area (Å²) in [5.41, 5.74) is 5.92. The Bertz CT molecular complexity index is 881. The van der Waals surface area contributed by atoms with E-state index in [0.717, 1.165) is 15.9 Å². The van der Waals surface area contributed by atoms with Gasteiger partial charge in [0.25, 0.3) is 11.8 Å². The van der Waals surface area contributed by atoms with Crippen LogP contribution in [-0.2, 0) is 7.05 Å². The zero-order valence-electron chi connectivity index (χ0n) is 12.4. The lowest BCUT2D eigenvalue weighted by Gasteiger charge is -2.07. The zero-order valence-corrected chi connectivity index (χ0v) is 14.0. The molecule has 2 amide bonds. The Balaban J connectivity index is 1.72. The van der Waals surface area contributed by atoms with Crippen LogP contribution in [0.25, 0.3) is 10.2 Å². The Hall–Kier alpha value is -2.38. The van der Waals surface area contributed by atoms with E-state index in [1.165, 1.54) is 11.3 Å². The van der Waals surface area contributed by atoms with Crippen LogP contribution in [0.3, 0.4) is 0 Å². The first kappa shape index (κ1) is 15.5. The van der Waals surface area contributed by atoms with Gasteiger partial charge in [-0.1, -0.05) is 23.7 Å². The summed E-state index contributed by atoms with van der Waals surface area (Å²) in [6, 6.07) is 8.38. The van der Waals surface area contributed by atoms with Gasteiger partial charge < -0.3 is 0 Å². The molecule has 6 nitrogen and oxygen atoms in total. The predicted molar refractivity (Wildman–Crippen MR) is 89.7 cm³/mol. The van der Waals surface area contributed by atoms with Gasteiger partial charge >= 0.3 is 0 Å². The van der Waals surface area contributed by atoms with Gasteiger partial charge in [0.15, 0.2) is 0 Å². The molecule has 0 atom stereocenters. The summed E-state index contributed by atoms with van der Waals surface area (Å²) in [4.78, 5) is 25.6. The van der Waals surface area contributed by atoms with Crippen molar-refractivity contribution in [2.75, 3.05) is 0 Å². The van der Waals surface area contributed by atoms with E-state index >= 15 is 0 Å². The fourth-order valence-corrected chi connectivity index (χ4v) is 3.44. The third-order valence-corrected chi connectivity index (χ3v) is 4.86. The molecule has 0 spiro atoms. The summed E-state index contributed by atoms with van der Waals surface area (Å²) in [6.45, 7) is 1.88. The molecule has 0 unspecified atom stereocenters. The number of hydrogen-bond acceptors (Lipinski definition) is 4. The predicted octanol–water partition coefficient (Wildman–Crippen LogP) is 2.67. The quantitative estimate of drug-likeness (QED) is 0.699. The highest BCUT2D eigenvalue weighted by Crippen LogP contribution is 2.27. The van der Waals surface area contributed by atoms with Crippen molar-refractivity contribution >= 4 is 45.0 Å². The van der Waals surface area contributed by atoms with Gasteiger partial charge in [-0.2, -0.15) is 5.10 Å². The first-order valence-electron chi connectivity index (χ1n) is 6.75. The highest BCUT2D eigenvalue weighted by atomic mass is 35.5. The molecule has 0 aliphatic rings. The van der Waals surface area contributed by atoms with Gasteiger partial charge in [0.05, 0.1) is 21.2 Å². The normalized spacial score (nSPS) is 10.7. The van der Waals surface area contributed by atoms with E-state index in [2.05, 4.69) is 16.0 Å². The lowest BCUT2D eigenvalue weighted by atomic mass is 10.2. The number of thiophene rings is 1. The average molecular weight is 349 g/mol. The summed E-state index contributed by atoms with van der Waals surface area (Å²) in [5.74, 6) is -0.853. The van der Waals surface area contributed by atoms with E-state index < -0.39 is 5.91 Å². The van der Waals surface area contributed by atoms with Gasteiger partial charge in [-0.15, -0.1) is 11.3 Å². The topological polar surface area (TPSA) is 76.0 Å². The number of aryl methyl sites for hydroxylation is 2. The van der Waals surface area contributed by atoms with Gasteiger partial charge in [0.1, 0.15) is 4.83 Å². The van der Waals surface area contributed by atoms with Crippen LogP contribution in [0.5, 0.6) is 0 Å². The minimum absolute atomic E-state index is 0.297. The van der Waals surface area contributed by atoms with Gasteiger partial charge in [0.2, 0.25) is 0 Å². The number of hydrazine groups is 1. The van der Waals surface area contributed by atoms with Crippen molar-refractivity contribution in [3.8, 4) is 0 Å². The monoisotopic (exact) mass is 348 g/mol. The lowest BCUT2D eigenvalue weighted by molar-refractivity contribution is 0.0849. The van der Waals surface area contributed by atoms with Crippen LogP contribution < -0.4 is 10.9 Å². The Kier molecular flexibility index (Phi) is 4.06. The van der Waals surface area contributed by atoms with E-state index in [1.54, 1.807) is 35.0 Å². The van der Waals surface area contributed by atoms with Crippen LogP contribution in [-0.4, -0.2) is 21.6 Å². The Morgan fingerprint density at radius 1 is 1.22 bits per heavy atom. The molecule has 2 N–H and O–H groups in total. The number of fused-ring (bicyclic) bond motifs is 1. The summed E-state index contributed by atoms with van der Waals surface area (Å²) >= 11 is 7.26. The highest BCUT2D eigenvalue weighted by molar-refractivity contribution is 7.20. The molecule has 0 bridgehead atoms. The third kappa shape index (κ3) is 2.93. The molecule has 0 aliphatic carbocycles. The summed E-state index contributed by atoms with van der Waals surface area (Å²) in [5, 5.41) is 5.54. The fourth-order valence-electron chi connectivity index (χ4n) is 2.20. The van der Waals surface area contributed by atoms with Gasteiger partial charge in [-0.05, 0) is 25.1 Å². The first-order valence-corrected chi connectivity index (χ1v) is 7.95. The standard InChI is InChI=1S/C15H13ClN4O2S/c1-8-10-7-12(23-15(10)20(2)19-8)14(22)18-17-13(21)9-5-3-4-6-11(9)16/h3-7H,1-2H3,(H,17,21)(H,18,22). The van der Waals surface area contributed by atoms with Gasteiger partial charge in [0, 0.05) is 12.4 Å². The van der Waals surface area contributed by atoms with Crippen LogP contribution in [0.1, 0.15) is 25.7 Å². The van der Waals surface area contributed by atoms with Crippen LogP contribution in [0, 0.1) is 6.92 Å². The SMILES string of the molecule is Cc1nn(C)c2sc(C(=O)NNC(=O)c3ccccc3Cl)cc12. The second-order valence-electron chi connectivity index (χ2n) is 4.93. The molecule has 3 aromatic rings. The molecule has 0 saturated heterocycles. The maximum absolute atomic E-state index is 12.2. The molecular weight excluding hydrogens is 336 g/mol. The molecule has 8 heteroatoms. The molecule has 118 valence electrons. The van der Waals surface area contributed by atoms with Crippen molar-refractivity contribution < 1.29 is 9.59 Å². The lowest BCUT2D eigenvalue weighted by Crippen LogP contribution is -2.41. The molecule has 23 heavy (non-hydrogen) atoms. The molecule has 3 rings (SSSR count). The minimum atomic E-state index is -0.470. The molecule has 2 heterocycles. The van der Waals surface area contributed by atoms with Crippen LogP contribution in [0.2, 0.25) is 5.02 Å². The van der Waals surface area contributed by atoms with E-state index in [0.29, 0.717) is 15.5 Å². The second kappa shape index (κ2) is 6.02. The van der Waals surface area contributed by atoms with Crippen molar-refractivity contribution in [1.29, 1.82) is 0 Å². The molecule has 0 radical (unpaired) electrons. The minimum Gasteiger partial charge on any atom is -0.267 e. The largest absolute Gasteiger partial charge is 0.279 e. The van der Waals surface area contributed by atoms with E-state index in [4.69, 9.17) is 11.6 Å². The smallest absolute Gasteiger partial charge is 0.267 e. The van der Waals surface area contributed by atoms with Crippen molar-refractivity contribution in [2.24, 2.45) is 7.05 Å². The number of nitrogens with one attached hydrogen (secondary N) is 2. The summed E-state index contributed by atoms with van der Waals surface area (Å²) < 4.78 is 1.73. The molecule has 0 fully saturated rings. The second-order valence-corrected chi connectivity index (χ2v) is 6.36. The first-order chi connectivity index (χ1) is 11.0. The fraction of sp³-hybridized carbons (Fsp3) is 0.133. The molecule has 1 aromatic carbocycles. The Labute approximate surface area is 141 Å². The number of aromatic nitrogens is 2. The molecule has 0 saturated carbocycles. The molecule has 2 aromatic heterocycles. The van der Waals surface area contributed by atoms with E-state index in [1.807, 2.05) is 14.0 Å². The maximum Gasteiger partial charge on any atom is 0.279 e. The van der Waals surface area contributed by atoms with E-state index in [9.17, 15) is 9.59 Å². The Morgan fingerprint density at radius 3 is 2.61 bits per heavy atom. The number of nitrogens with zero attached hydrogens (tertiary/aromatic N) is 2. The van der Waals surface area contributed by atoms with E-state index in [-0.39, 0.29) is 5.91 Å². The zero-order chi connectivity index (χ0) is 16.6. The maximum atomic E-state index is 12.2. The Morgan fingerprint density at radius 2 is 1.91 bits per heavy atom. The van der Waals surface area contributed by atoms with Crippen LogP contribution in [0.4, 0.5) is 0 Å². The molecular formula is C15H13ClN4O2S. The van der Waals surface area contributed by atoms with Gasteiger partial charge in [-0.25, -0.2) is 0 Å². The number of rotatable bonds is 2.